The van der Waals surface area contributed by atoms with Crippen LogP contribution in [0.1, 0.15) is 33.3 Å². The minimum absolute atomic E-state index is 0.200. The Hall–Kier alpha value is -2.26. The molecule has 1 saturated heterocycles. The maximum absolute atomic E-state index is 12.7. The van der Waals surface area contributed by atoms with Crippen molar-refractivity contribution in [1.82, 2.24) is 4.90 Å². The average Bonchev–Trinajstić information content (AvgIpc) is 2.89. The van der Waals surface area contributed by atoms with Crippen LogP contribution in [0.4, 0.5) is 4.79 Å². The van der Waals surface area contributed by atoms with E-state index in [0.29, 0.717) is 34.7 Å². The standard InChI is InChI=1S/C21H24BrNO6S/c1-6-8-28-16-11-14(22)13(9-15(16)27-7-2)10-17-19(25)23(20(26)30-17)12-18(24)29-21(3,4)5/h6,9-11H,1,7-8,12H2,2-5H3. The lowest BCUT2D eigenvalue weighted by molar-refractivity contribution is -0.156. The van der Waals surface area contributed by atoms with Crippen LogP contribution in [0.15, 0.2) is 34.2 Å². The molecule has 1 aromatic rings. The molecular formula is C21H24BrNO6S. The fraction of sp³-hybridized carbons (Fsp3) is 0.381. The van der Waals surface area contributed by atoms with Crippen LogP contribution in [0.5, 0.6) is 11.5 Å². The number of esters is 1. The van der Waals surface area contributed by atoms with Crippen molar-refractivity contribution in [2.75, 3.05) is 19.8 Å². The van der Waals surface area contributed by atoms with Crippen molar-refractivity contribution in [3.63, 3.8) is 0 Å². The van der Waals surface area contributed by atoms with Gasteiger partial charge in [-0.05, 0) is 63.2 Å². The van der Waals surface area contributed by atoms with Gasteiger partial charge in [-0.3, -0.25) is 19.3 Å². The van der Waals surface area contributed by atoms with Crippen LogP contribution in [-0.2, 0) is 14.3 Å². The number of rotatable bonds is 8. The highest BCUT2D eigenvalue weighted by Gasteiger charge is 2.37. The van der Waals surface area contributed by atoms with Crippen molar-refractivity contribution in [1.29, 1.82) is 0 Å². The van der Waals surface area contributed by atoms with Crippen LogP contribution in [0.25, 0.3) is 6.08 Å². The van der Waals surface area contributed by atoms with Gasteiger partial charge in [0.25, 0.3) is 11.1 Å². The highest BCUT2D eigenvalue weighted by molar-refractivity contribution is 9.10. The zero-order valence-electron chi connectivity index (χ0n) is 17.3. The van der Waals surface area contributed by atoms with Gasteiger partial charge in [0.15, 0.2) is 11.5 Å². The minimum Gasteiger partial charge on any atom is -0.490 e. The van der Waals surface area contributed by atoms with Gasteiger partial charge in [-0.15, -0.1) is 0 Å². The monoisotopic (exact) mass is 497 g/mol. The quantitative estimate of drug-likeness (QED) is 0.290. The molecule has 0 saturated carbocycles. The van der Waals surface area contributed by atoms with E-state index in [9.17, 15) is 14.4 Å². The summed E-state index contributed by atoms with van der Waals surface area (Å²) in [7, 11) is 0. The number of halogens is 1. The van der Waals surface area contributed by atoms with Crippen molar-refractivity contribution in [2.45, 2.75) is 33.3 Å². The summed E-state index contributed by atoms with van der Waals surface area (Å²) in [5.74, 6) is -0.164. The molecule has 2 rings (SSSR count). The number of imide groups is 1. The summed E-state index contributed by atoms with van der Waals surface area (Å²) in [5, 5.41) is -0.524. The fourth-order valence-electron chi connectivity index (χ4n) is 2.47. The Balaban J connectivity index is 2.27. The van der Waals surface area contributed by atoms with E-state index in [0.717, 1.165) is 16.7 Å². The topological polar surface area (TPSA) is 82.1 Å². The maximum atomic E-state index is 12.7. The lowest BCUT2D eigenvalue weighted by Crippen LogP contribution is -2.37. The third-order valence-corrected chi connectivity index (χ3v) is 5.18. The summed E-state index contributed by atoms with van der Waals surface area (Å²) < 4.78 is 17.1. The SMILES string of the molecule is C=CCOc1cc(Br)c(C=C2SC(=O)N(CC(=O)OC(C)(C)C)C2=O)cc1OCC. The molecular weight excluding hydrogens is 474 g/mol. The van der Waals surface area contributed by atoms with Gasteiger partial charge in [-0.25, -0.2) is 0 Å². The number of amides is 2. The Kier molecular flexibility index (Phi) is 8.14. The molecule has 0 aliphatic carbocycles. The van der Waals surface area contributed by atoms with Crippen molar-refractivity contribution in [3.8, 4) is 11.5 Å². The molecule has 1 aliphatic heterocycles. The Morgan fingerprint density at radius 2 is 1.90 bits per heavy atom. The predicted molar refractivity (Wildman–Crippen MR) is 120 cm³/mol. The number of benzene rings is 1. The van der Waals surface area contributed by atoms with Gasteiger partial charge in [-0.2, -0.15) is 0 Å². The smallest absolute Gasteiger partial charge is 0.326 e. The first-order valence-corrected chi connectivity index (χ1v) is 10.8. The van der Waals surface area contributed by atoms with E-state index in [1.165, 1.54) is 0 Å². The molecule has 0 N–H and O–H groups in total. The molecule has 0 unspecified atom stereocenters. The first kappa shape index (κ1) is 24.0. The summed E-state index contributed by atoms with van der Waals surface area (Å²) in [4.78, 5) is 38.0. The number of carbonyl (C=O) groups excluding carboxylic acids is 3. The number of ether oxygens (including phenoxy) is 3. The Morgan fingerprint density at radius 1 is 1.23 bits per heavy atom. The van der Waals surface area contributed by atoms with Gasteiger partial charge < -0.3 is 14.2 Å². The van der Waals surface area contributed by atoms with E-state index in [4.69, 9.17) is 14.2 Å². The van der Waals surface area contributed by atoms with E-state index >= 15 is 0 Å². The summed E-state index contributed by atoms with van der Waals surface area (Å²) in [6.45, 7) is 10.9. The highest BCUT2D eigenvalue weighted by Crippen LogP contribution is 2.38. The number of nitrogens with zero attached hydrogens (tertiary/aromatic N) is 1. The predicted octanol–water partition coefficient (Wildman–Crippen LogP) is 4.79. The van der Waals surface area contributed by atoms with Crippen LogP contribution < -0.4 is 9.47 Å². The highest BCUT2D eigenvalue weighted by atomic mass is 79.9. The van der Waals surface area contributed by atoms with Crippen LogP contribution in [0, 0.1) is 0 Å². The number of thioether (sulfide) groups is 1. The van der Waals surface area contributed by atoms with Crippen LogP contribution >= 0.6 is 27.7 Å². The van der Waals surface area contributed by atoms with Crippen LogP contribution in [0.3, 0.4) is 0 Å². The molecule has 0 atom stereocenters. The molecule has 162 valence electrons. The third-order valence-electron chi connectivity index (χ3n) is 3.59. The minimum atomic E-state index is -0.704. The second kappa shape index (κ2) is 10.2. The third kappa shape index (κ3) is 6.37. The summed E-state index contributed by atoms with van der Waals surface area (Å²) in [5.41, 5.74) is -0.0721. The molecule has 0 radical (unpaired) electrons. The molecule has 9 heteroatoms. The van der Waals surface area contributed by atoms with Gasteiger partial charge in [-0.1, -0.05) is 28.6 Å². The van der Waals surface area contributed by atoms with Gasteiger partial charge in [0, 0.05) is 4.47 Å². The first-order valence-electron chi connectivity index (χ1n) is 9.23. The van der Waals surface area contributed by atoms with Gasteiger partial charge in [0.2, 0.25) is 0 Å². The molecule has 2 amide bonds. The van der Waals surface area contributed by atoms with E-state index in [2.05, 4.69) is 22.5 Å². The van der Waals surface area contributed by atoms with Gasteiger partial charge >= 0.3 is 5.97 Å². The zero-order chi connectivity index (χ0) is 22.5. The molecule has 0 aromatic heterocycles. The Labute approximate surface area is 188 Å². The molecule has 0 spiro atoms. The molecule has 30 heavy (non-hydrogen) atoms. The second-order valence-corrected chi connectivity index (χ2v) is 9.05. The average molecular weight is 498 g/mol. The zero-order valence-corrected chi connectivity index (χ0v) is 19.7. The summed E-state index contributed by atoms with van der Waals surface area (Å²) in [6.07, 6.45) is 3.20. The summed E-state index contributed by atoms with van der Waals surface area (Å²) in [6, 6.07) is 3.44. The molecule has 7 nitrogen and oxygen atoms in total. The normalized spacial score (nSPS) is 15.5. The number of carbonyl (C=O) groups is 3. The first-order chi connectivity index (χ1) is 14.1. The molecule has 1 aromatic carbocycles. The second-order valence-electron chi connectivity index (χ2n) is 7.21. The van der Waals surface area contributed by atoms with E-state index in [-0.39, 0.29) is 4.91 Å². The number of hydrogen-bond acceptors (Lipinski definition) is 7. The van der Waals surface area contributed by atoms with Crippen molar-refractivity contribution in [2.24, 2.45) is 0 Å². The number of hydrogen-bond donors (Lipinski definition) is 0. The van der Waals surface area contributed by atoms with E-state index in [1.807, 2.05) is 6.92 Å². The molecule has 1 aliphatic rings. The van der Waals surface area contributed by atoms with Crippen LogP contribution in [0.2, 0.25) is 0 Å². The molecule has 1 heterocycles. The van der Waals surface area contributed by atoms with E-state index < -0.39 is 29.3 Å². The van der Waals surface area contributed by atoms with Crippen molar-refractivity contribution >= 4 is 50.9 Å². The van der Waals surface area contributed by atoms with Gasteiger partial charge in [0.05, 0.1) is 11.5 Å². The van der Waals surface area contributed by atoms with Crippen molar-refractivity contribution in [3.05, 3.63) is 39.7 Å². The lowest BCUT2D eigenvalue weighted by atomic mass is 10.1. The maximum Gasteiger partial charge on any atom is 0.326 e. The fourth-order valence-corrected chi connectivity index (χ4v) is 3.74. The van der Waals surface area contributed by atoms with E-state index in [1.54, 1.807) is 45.1 Å². The summed E-state index contributed by atoms with van der Waals surface area (Å²) >= 11 is 4.22. The Bertz CT molecular complexity index is 890. The van der Waals surface area contributed by atoms with Crippen molar-refractivity contribution < 1.29 is 28.6 Å². The Morgan fingerprint density at radius 3 is 2.50 bits per heavy atom. The molecule has 0 bridgehead atoms. The van der Waals surface area contributed by atoms with Crippen LogP contribution in [-0.4, -0.2) is 47.4 Å². The van der Waals surface area contributed by atoms with Gasteiger partial charge in [0.1, 0.15) is 18.8 Å². The lowest BCUT2D eigenvalue weighted by Gasteiger charge is -2.21. The largest absolute Gasteiger partial charge is 0.490 e. The molecule has 1 fully saturated rings.